The highest BCUT2D eigenvalue weighted by Gasteiger charge is 2.31. The molecule has 2 rings (SSSR count). The van der Waals surface area contributed by atoms with Crippen molar-refractivity contribution >= 4 is 18.0 Å². The molecule has 0 amide bonds. The van der Waals surface area contributed by atoms with Gasteiger partial charge in [0.2, 0.25) is 0 Å². The van der Waals surface area contributed by atoms with Crippen molar-refractivity contribution < 1.29 is 23.0 Å². The number of aliphatic imine (C=N–C) groups is 1. The zero-order valence-corrected chi connectivity index (χ0v) is 18.0. The number of aliphatic hydroxyl groups excluding tert-OH is 1. The Morgan fingerprint density at radius 2 is 1.97 bits per heavy atom. The summed E-state index contributed by atoms with van der Waals surface area (Å²) in [6.07, 6.45) is 0.0400. The summed E-state index contributed by atoms with van der Waals surface area (Å²) in [5, 5.41) is 9.20. The van der Waals surface area contributed by atoms with Crippen LogP contribution < -0.4 is 4.74 Å². The predicted molar refractivity (Wildman–Crippen MR) is 117 cm³/mol. The van der Waals surface area contributed by atoms with Gasteiger partial charge in [-0.1, -0.05) is 25.6 Å². The van der Waals surface area contributed by atoms with E-state index in [9.17, 15) is 13.2 Å². The Balaban J connectivity index is 1.81. The molecule has 1 heterocycles. The molecule has 4 nitrogen and oxygen atoms in total. The van der Waals surface area contributed by atoms with Crippen LogP contribution in [-0.4, -0.2) is 47.3 Å². The van der Waals surface area contributed by atoms with Crippen LogP contribution in [0.1, 0.15) is 38.2 Å². The normalized spacial score (nSPS) is 16.3. The number of hydrogen-bond donors (Lipinski definition) is 1. The van der Waals surface area contributed by atoms with Crippen molar-refractivity contribution in [2.24, 2.45) is 4.99 Å². The van der Waals surface area contributed by atoms with Crippen molar-refractivity contribution in [3.05, 3.63) is 53.2 Å². The van der Waals surface area contributed by atoms with Crippen LogP contribution in [0.2, 0.25) is 0 Å². The number of nitrogens with zero attached hydrogens (tertiary/aromatic N) is 2. The maximum absolute atomic E-state index is 12.9. The van der Waals surface area contributed by atoms with Crippen molar-refractivity contribution in [1.29, 1.82) is 0 Å². The van der Waals surface area contributed by atoms with Crippen LogP contribution in [-0.2, 0) is 6.61 Å². The van der Waals surface area contributed by atoms with Crippen molar-refractivity contribution in [3.63, 3.8) is 0 Å². The Morgan fingerprint density at radius 1 is 1.30 bits per heavy atom. The molecule has 0 bridgehead atoms. The fourth-order valence-electron chi connectivity index (χ4n) is 3.01. The van der Waals surface area contributed by atoms with Gasteiger partial charge in [0.05, 0.1) is 13.0 Å². The van der Waals surface area contributed by atoms with Crippen molar-refractivity contribution in [2.75, 3.05) is 19.7 Å². The average molecular weight is 443 g/mol. The second-order valence-corrected chi connectivity index (χ2v) is 8.52. The first-order valence-electron chi connectivity index (χ1n) is 10.00. The topological polar surface area (TPSA) is 45.1 Å². The van der Waals surface area contributed by atoms with E-state index in [1.54, 1.807) is 30.5 Å². The SMILES string of the molecule is C=C(COc1ccc(CO)cc1)N1CCC(S/C(=C/N=CCC)CC(F)(F)F)CC1. The Kier molecular flexibility index (Phi) is 9.78. The van der Waals surface area contributed by atoms with E-state index in [1.165, 1.54) is 18.0 Å². The Bertz CT molecular complexity index is 725. The Morgan fingerprint density at radius 3 is 2.53 bits per heavy atom. The van der Waals surface area contributed by atoms with Crippen LogP contribution in [0.15, 0.2) is 52.6 Å². The smallest absolute Gasteiger partial charge is 0.393 e. The van der Waals surface area contributed by atoms with Gasteiger partial charge in [0, 0.05) is 41.4 Å². The van der Waals surface area contributed by atoms with Crippen molar-refractivity contribution in [1.82, 2.24) is 4.90 Å². The first kappa shape index (κ1) is 24.3. The molecule has 0 aromatic heterocycles. The molecule has 1 aromatic carbocycles. The number of piperidine rings is 1. The number of halogens is 3. The summed E-state index contributed by atoms with van der Waals surface area (Å²) in [6, 6.07) is 7.21. The Labute approximate surface area is 180 Å². The molecule has 1 fully saturated rings. The third-order valence-corrected chi connectivity index (χ3v) is 5.96. The number of ether oxygens (including phenoxy) is 1. The van der Waals surface area contributed by atoms with Gasteiger partial charge < -0.3 is 14.7 Å². The summed E-state index contributed by atoms with van der Waals surface area (Å²) in [6.45, 7) is 7.79. The first-order valence-corrected chi connectivity index (χ1v) is 10.9. The van der Waals surface area contributed by atoms with Crippen LogP contribution in [0.3, 0.4) is 0 Å². The van der Waals surface area contributed by atoms with Gasteiger partial charge in [-0.25, -0.2) is 0 Å². The number of thioether (sulfide) groups is 1. The van der Waals surface area contributed by atoms with E-state index in [0.29, 0.717) is 18.8 Å². The molecule has 0 unspecified atom stereocenters. The summed E-state index contributed by atoms with van der Waals surface area (Å²) in [5.41, 5.74) is 1.67. The molecular weight excluding hydrogens is 413 g/mol. The van der Waals surface area contributed by atoms with E-state index in [0.717, 1.165) is 37.2 Å². The monoisotopic (exact) mass is 442 g/mol. The van der Waals surface area contributed by atoms with Crippen molar-refractivity contribution in [2.45, 2.75) is 50.6 Å². The highest BCUT2D eigenvalue weighted by Crippen LogP contribution is 2.37. The van der Waals surface area contributed by atoms with Crippen LogP contribution in [0.5, 0.6) is 5.75 Å². The molecular formula is C22H29F3N2O2S. The molecule has 8 heteroatoms. The van der Waals surface area contributed by atoms with E-state index in [4.69, 9.17) is 9.84 Å². The quantitative estimate of drug-likeness (QED) is 0.483. The van der Waals surface area contributed by atoms with Gasteiger partial charge in [-0.05, 0) is 37.0 Å². The maximum Gasteiger partial charge on any atom is 0.393 e. The molecule has 0 atom stereocenters. The lowest BCUT2D eigenvalue weighted by atomic mass is 10.1. The van der Waals surface area contributed by atoms with Gasteiger partial charge in [-0.3, -0.25) is 4.99 Å². The third kappa shape index (κ3) is 8.83. The van der Waals surface area contributed by atoms with Crippen LogP contribution >= 0.6 is 11.8 Å². The zero-order chi connectivity index (χ0) is 22.0. The van der Waals surface area contributed by atoms with Crippen LogP contribution in [0.4, 0.5) is 13.2 Å². The van der Waals surface area contributed by atoms with Gasteiger partial charge in [-0.2, -0.15) is 13.2 Å². The minimum Gasteiger partial charge on any atom is -0.487 e. The molecule has 1 saturated heterocycles. The lowest BCUT2D eigenvalue weighted by Gasteiger charge is -2.34. The van der Waals surface area contributed by atoms with Crippen molar-refractivity contribution in [3.8, 4) is 5.75 Å². The van der Waals surface area contributed by atoms with E-state index in [1.807, 2.05) is 6.92 Å². The van der Waals surface area contributed by atoms with Gasteiger partial charge in [-0.15, -0.1) is 11.8 Å². The van der Waals surface area contributed by atoms with Gasteiger partial charge >= 0.3 is 6.18 Å². The van der Waals surface area contributed by atoms with Gasteiger partial charge in [0.1, 0.15) is 12.4 Å². The molecule has 1 aliphatic heterocycles. The predicted octanol–water partition coefficient (Wildman–Crippen LogP) is 5.54. The number of rotatable bonds is 10. The molecule has 0 spiro atoms. The third-order valence-electron chi connectivity index (χ3n) is 4.60. The molecule has 166 valence electrons. The second kappa shape index (κ2) is 12.1. The number of allylic oxidation sites excluding steroid dienone is 1. The largest absolute Gasteiger partial charge is 0.487 e. The van der Waals surface area contributed by atoms with Gasteiger partial charge in [0.15, 0.2) is 0 Å². The fraction of sp³-hybridized carbons (Fsp3) is 0.500. The summed E-state index contributed by atoms with van der Waals surface area (Å²) in [4.78, 5) is 6.37. The first-order chi connectivity index (χ1) is 14.3. The number of aliphatic hydroxyl groups is 1. The number of alkyl halides is 3. The molecule has 0 saturated carbocycles. The lowest BCUT2D eigenvalue weighted by molar-refractivity contribution is -0.125. The molecule has 1 N–H and O–H groups in total. The number of benzene rings is 1. The molecule has 0 radical (unpaired) electrons. The minimum absolute atomic E-state index is 0.00916. The standard InChI is InChI=1S/C22H29F3N2O2S/c1-3-10-26-14-21(13-22(23,24)25)30-20-8-11-27(12-9-20)17(2)16-29-19-6-4-18(15-28)5-7-19/h4-7,10,14,20,28H,2-3,8-9,11-13,15-16H2,1H3/b21-14+,26-10?. The summed E-state index contributed by atoms with van der Waals surface area (Å²) in [5.74, 6) is 0.702. The molecule has 30 heavy (non-hydrogen) atoms. The van der Waals surface area contributed by atoms with E-state index >= 15 is 0 Å². The van der Waals surface area contributed by atoms with E-state index in [-0.39, 0.29) is 16.8 Å². The summed E-state index contributed by atoms with van der Waals surface area (Å²) < 4.78 is 44.3. The Hall–Kier alpha value is -1.93. The fourth-order valence-corrected chi connectivity index (χ4v) is 4.25. The molecule has 1 aromatic rings. The van der Waals surface area contributed by atoms with Crippen LogP contribution in [0.25, 0.3) is 0 Å². The summed E-state index contributed by atoms with van der Waals surface area (Å²) in [7, 11) is 0. The summed E-state index contributed by atoms with van der Waals surface area (Å²) >= 11 is 1.29. The van der Waals surface area contributed by atoms with Gasteiger partial charge in [0.25, 0.3) is 0 Å². The highest BCUT2D eigenvalue weighted by atomic mass is 32.2. The van der Waals surface area contributed by atoms with E-state index < -0.39 is 12.6 Å². The minimum atomic E-state index is -4.23. The number of likely N-dealkylation sites (tertiary alicyclic amines) is 1. The van der Waals surface area contributed by atoms with Crippen LogP contribution in [0, 0.1) is 0 Å². The molecule has 1 aliphatic rings. The zero-order valence-electron chi connectivity index (χ0n) is 17.2. The van der Waals surface area contributed by atoms with E-state index in [2.05, 4.69) is 16.5 Å². The lowest BCUT2D eigenvalue weighted by Crippen LogP contribution is -2.35. The second-order valence-electron chi connectivity index (χ2n) is 7.09. The average Bonchev–Trinajstić information content (AvgIpc) is 2.72. The number of hydrogen-bond acceptors (Lipinski definition) is 5. The molecule has 0 aliphatic carbocycles. The maximum atomic E-state index is 12.9. The highest BCUT2D eigenvalue weighted by molar-refractivity contribution is 8.03.